The zero-order chi connectivity index (χ0) is 13.0. The fourth-order valence-corrected chi connectivity index (χ4v) is 1.90. The van der Waals surface area contributed by atoms with Gasteiger partial charge in [-0.25, -0.2) is 0 Å². The topological polar surface area (TPSA) is 58.2 Å². The van der Waals surface area contributed by atoms with E-state index in [-0.39, 0.29) is 0 Å². The van der Waals surface area contributed by atoms with Gasteiger partial charge in [0.05, 0.1) is 18.1 Å². The van der Waals surface area contributed by atoms with Crippen molar-refractivity contribution in [2.75, 3.05) is 12.4 Å². The van der Waals surface area contributed by atoms with Crippen LogP contribution in [0.3, 0.4) is 0 Å². The van der Waals surface area contributed by atoms with Crippen molar-refractivity contribution in [1.82, 2.24) is 0 Å². The minimum atomic E-state index is 0.320. The average Bonchev–Trinajstić information content (AvgIpc) is 2.86. The maximum atomic E-state index is 8.65. The number of nitrogens with zero attached hydrogens (tertiary/aromatic N) is 1. The van der Waals surface area contributed by atoms with E-state index in [1.807, 2.05) is 24.3 Å². The maximum Gasteiger partial charge on any atom is 0.203 e. The molecular weight excluding hydrogens is 296 g/mol. The number of nitriles is 1. The lowest BCUT2D eigenvalue weighted by atomic mass is 10.3. The monoisotopic (exact) mass is 306 g/mol. The molecule has 0 radical (unpaired) electrons. The second kappa shape index (κ2) is 5.61. The minimum Gasteiger partial charge on any atom is -0.495 e. The van der Waals surface area contributed by atoms with E-state index in [9.17, 15) is 0 Å². The molecule has 0 bridgehead atoms. The summed E-state index contributed by atoms with van der Waals surface area (Å²) in [5.74, 6) is 1.80. The third kappa shape index (κ3) is 2.84. The van der Waals surface area contributed by atoms with Crippen LogP contribution in [0.5, 0.6) is 5.75 Å². The van der Waals surface area contributed by atoms with Gasteiger partial charge in [0.25, 0.3) is 0 Å². The summed E-state index contributed by atoms with van der Waals surface area (Å²) in [5, 5.41) is 11.8. The third-order valence-electron chi connectivity index (χ3n) is 2.39. The highest BCUT2D eigenvalue weighted by Gasteiger charge is 2.03. The molecule has 2 aromatic rings. The van der Waals surface area contributed by atoms with E-state index in [4.69, 9.17) is 14.4 Å². The van der Waals surface area contributed by atoms with Crippen LogP contribution in [0.4, 0.5) is 5.69 Å². The Labute approximate surface area is 113 Å². The highest BCUT2D eigenvalue weighted by atomic mass is 79.9. The van der Waals surface area contributed by atoms with Crippen LogP contribution in [0.2, 0.25) is 0 Å². The van der Waals surface area contributed by atoms with Gasteiger partial charge < -0.3 is 14.5 Å². The van der Waals surface area contributed by atoms with Gasteiger partial charge in [0.2, 0.25) is 5.76 Å². The number of nitrogens with one attached hydrogen (secondary N) is 1. The minimum absolute atomic E-state index is 0.320. The molecule has 4 nitrogen and oxygen atoms in total. The molecule has 0 saturated heterocycles. The summed E-state index contributed by atoms with van der Waals surface area (Å²) in [6.45, 7) is 0.520. The summed E-state index contributed by atoms with van der Waals surface area (Å²) >= 11 is 3.39. The number of furan rings is 1. The van der Waals surface area contributed by atoms with E-state index >= 15 is 0 Å². The molecule has 0 amide bonds. The van der Waals surface area contributed by atoms with Gasteiger partial charge in [0.1, 0.15) is 17.6 Å². The smallest absolute Gasteiger partial charge is 0.203 e. The first kappa shape index (κ1) is 12.5. The predicted octanol–water partition coefficient (Wildman–Crippen LogP) is 3.53. The second-order valence-corrected chi connectivity index (χ2v) is 4.43. The summed E-state index contributed by atoms with van der Waals surface area (Å²) in [5.41, 5.74) is 0.921. The molecule has 0 saturated carbocycles. The van der Waals surface area contributed by atoms with E-state index in [1.165, 1.54) is 0 Å². The molecule has 0 atom stereocenters. The molecule has 1 aromatic carbocycles. The average molecular weight is 307 g/mol. The maximum absolute atomic E-state index is 8.65. The largest absolute Gasteiger partial charge is 0.495 e. The number of hydrogen-bond acceptors (Lipinski definition) is 4. The summed E-state index contributed by atoms with van der Waals surface area (Å²) < 4.78 is 11.4. The highest BCUT2D eigenvalue weighted by molar-refractivity contribution is 9.10. The molecule has 2 rings (SSSR count). The zero-order valence-corrected chi connectivity index (χ0v) is 11.3. The normalized spacial score (nSPS) is 9.83. The van der Waals surface area contributed by atoms with Gasteiger partial charge in [0, 0.05) is 11.8 Å². The first-order valence-corrected chi connectivity index (χ1v) is 6.08. The lowest BCUT2D eigenvalue weighted by Gasteiger charge is -2.08. The van der Waals surface area contributed by atoms with Gasteiger partial charge in [-0.15, -0.1) is 0 Å². The molecule has 0 aliphatic carbocycles. The summed E-state index contributed by atoms with van der Waals surface area (Å²) in [7, 11) is 1.62. The summed E-state index contributed by atoms with van der Waals surface area (Å²) in [4.78, 5) is 0. The Hall–Kier alpha value is -1.93. The SMILES string of the molecule is COc1cc(NCc2ccc(C#N)o2)ccc1Br. The second-order valence-electron chi connectivity index (χ2n) is 3.58. The van der Waals surface area contributed by atoms with Crippen LogP contribution in [0.1, 0.15) is 11.5 Å². The number of ether oxygens (including phenoxy) is 1. The van der Waals surface area contributed by atoms with E-state index in [0.717, 1.165) is 15.9 Å². The molecule has 0 fully saturated rings. The Morgan fingerprint density at radius 1 is 1.39 bits per heavy atom. The van der Waals surface area contributed by atoms with E-state index in [1.54, 1.807) is 19.2 Å². The van der Waals surface area contributed by atoms with Crippen LogP contribution in [0.25, 0.3) is 0 Å². The van der Waals surface area contributed by atoms with Crippen molar-refractivity contribution < 1.29 is 9.15 Å². The first-order valence-electron chi connectivity index (χ1n) is 5.29. The summed E-state index contributed by atoms with van der Waals surface area (Å²) in [6, 6.07) is 11.1. The molecule has 5 heteroatoms. The van der Waals surface area contributed by atoms with Gasteiger partial charge in [-0.2, -0.15) is 5.26 Å². The van der Waals surface area contributed by atoms with Gasteiger partial charge >= 0.3 is 0 Å². The zero-order valence-electron chi connectivity index (χ0n) is 9.74. The summed E-state index contributed by atoms with van der Waals surface area (Å²) in [6.07, 6.45) is 0. The number of benzene rings is 1. The van der Waals surface area contributed by atoms with Crippen LogP contribution in [0, 0.1) is 11.3 Å². The quantitative estimate of drug-likeness (QED) is 0.938. The third-order valence-corrected chi connectivity index (χ3v) is 3.04. The van der Waals surface area contributed by atoms with E-state index < -0.39 is 0 Å². The number of rotatable bonds is 4. The Morgan fingerprint density at radius 2 is 2.22 bits per heavy atom. The lowest BCUT2D eigenvalue weighted by Crippen LogP contribution is -1.98. The molecule has 0 spiro atoms. The molecule has 18 heavy (non-hydrogen) atoms. The number of anilines is 1. The predicted molar refractivity (Wildman–Crippen MR) is 71.4 cm³/mol. The van der Waals surface area contributed by atoms with Crippen molar-refractivity contribution in [3.8, 4) is 11.8 Å². The lowest BCUT2D eigenvalue weighted by molar-refractivity contribution is 0.412. The first-order chi connectivity index (χ1) is 8.72. The molecule has 92 valence electrons. The Balaban J connectivity index is 2.04. The Bertz CT molecular complexity index is 587. The van der Waals surface area contributed by atoms with Crippen molar-refractivity contribution in [3.05, 3.63) is 46.3 Å². The standard InChI is InChI=1S/C13H11BrN2O2/c1-17-13-6-9(2-5-12(13)14)16-8-11-4-3-10(7-15)18-11/h2-6,16H,8H2,1H3. The van der Waals surface area contributed by atoms with Crippen molar-refractivity contribution in [1.29, 1.82) is 5.26 Å². The fraction of sp³-hybridized carbons (Fsp3) is 0.154. The fourth-order valence-electron chi connectivity index (χ4n) is 1.49. The van der Waals surface area contributed by atoms with Crippen LogP contribution in [-0.4, -0.2) is 7.11 Å². The van der Waals surface area contributed by atoms with Crippen LogP contribution < -0.4 is 10.1 Å². The van der Waals surface area contributed by atoms with E-state index in [2.05, 4.69) is 21.2 Å². The molecule has 1 aromatic heterocycles. The van der Waals surface area contributed by atoms with Gasteiger partial charge in [0.15, 0.2) is 0 Å². The van der Waals surface area contributed by atoms with Crippen molar-refractivity contribution in [2.45, 2.75) is 6.54 Å². The van der Waals surface area contributed by atoms with Crippen LogP contribution >= 0.6 is 15.9 Å². The van der Waals surface area contributed by atoms with Gasteiger partial charge in [-0.05, 0) is 40.2 Å². The molecule has 0 unspecified atom stereocenters. The number of hydrogen-bond donors (Lipinski definition) is 1. The number of methoxy groups -OCH3 is 1. The van der Waals surface area contributed by atoms with Crippen molar-refractivity contribution in [2.24, 2.45) is 0 Å². The van der Waals surface area contributed by atoms with Crippen LogP contribution in [-0.2, 0) is 6.54 Å². The molecule has 0 aliphatic rings. The molecule has 1 heterocycles. The molecule has 1 N–H and O–H groups in total. The molecule has 0 aliphatic heterocycles. The highest BCUT2D eigenvalue weighted by Crippen LogP contribution is 2.28. The van der Waals surface area contributed by atoms with Crippen molar-refractivity contribution in [3.63, 3.8) is 0 Å². The van der Waals surface area contributed by atoms with Crippen LogP contribution in [0.15, 0.2) is 39.2 Å². The Morgan fingerprint density at radius 3 is 2.89 bits per heavy atom. The Kier molecular flexibility index (Phi) is 3.90. The van der Waals surface area contributed by atoms with E-state index in [0.29, 0.717) is 18.1 Å². The van der Waals surface area contributed by atoms with Gasteiger partial charge in [-0.1, -0.05) is 0 Å². The van der Waals surface area contributed by atoms with Crippen molar-refractivity contribution >= 4 is 21.6 Å². The number of halogens is 1. The van der Waals surface area contributed by atoms with Gasteiger partial charge in [-0.3, -0.25) is 0 Å². The molecular formula is C13H11BrN2O2.